The monoisotopic (exact) mass is 344 g/mol. The molecule has 6 nitrogen and oxygen atoms in total. The predicted octanol–water partition coefficient (Wildman–Crippen LogP) is 3.73. The van der Waals surface area contributed by atoms with Crippen LogP contribution in [-0.4, -0.2) is 25.4 Å². The third-order valence-corrected chi connectivity index (χ3v) is 4.04. The third-order valence-electron chi connectivity index (χ3n) is 4.04. The number of hydrogen-bond acceptors (Lipinski definition) is 4. The van der Waals surface area contributed by atoms with Gasteiger partial charge in [-0.3, -0.25) is 14.2 Å². The largest absolute Gasteiger partial charge is 0.508 e. The number of carbonyl (C=O) groups is 1. The Bertz CT molecular complexity index is 1100. The van der Waals surface area contributed by atoms with Crippen molar-refractivity contribution in [2.75, 3.05) is 5.32 Å². The first-order chi connectivity index (χ1) is 12.6. The van der Waals surface area contributed by atoms with Crippen molar-refractivity contribution >= 4 is 17.2 Å². The lowest BCUT2D eigenvalue weighted by Gasteiger charge is -2.07. The lowest BCUT2D eigenvalue weighted by Crippen LogP contribution is -2.05. The van der Waals surface area contributed by atoms with Gasteiger partial charge >= 0.3 is 0 Å². The van der Waals surface area contributed by atoms with Gasteiger partial charge in [0.25, 0.3) is 0 Å². The topological polar surface area (TPSA) is 79.5 Å². The second-order valence-corrected chi connectivity index (χ2v) is 5.95. The van der Waals surface area contributed by atoms with Gasteiger partial charge in [0.05, 0.1) is 23.8 Å². The number of phenolic OH excluding ortho intramolecular Hbond substituents is 1. The van der Waals surface area contributed by atoms with Gasteiger partial charge in [0, 0.05) is 29.9 Å². The maximum atomic E-state index is 11.3. The Hall–Kier alpha value is -3.67. The van der Waals surface area contributed by atoms with Crippen molar-refractivity contribution in [1.82, 2.24) is 14.4 Å². The van der Waals surface area contributed by atoms with Gasteiger partial charge in [0.2, 0.25) is 5.91 Å². The molecule has 26 heavy (non-hydrogen) atoms. The van der Waals surface area contributed by atoms with Gasteiger partial charge in [-0.25, -0.2) is 4.98 Å². The molecule has 0 spiro atoms. The van der Waals surface area contributed by atoms with Crippen LogP contribution in [0.1, 0.15) is 6.92 Å². The quantitative estimate of drug-likeness (QED) is 0.593. The number of phenols is 1. The van der Waals surface area contributed by atoms with Crippen LogP contribution in [0.25, 0.3) is 28.2 Å². The summed E-state index contributed by atoms with van der Waals surface area (Å²) in [4.78, 5) is 20.1. The first-order valence-corrected chi connectivity index (χ1v) is 8.11. The molecular formula is C20H16N4O2. The van der Waals surface area contributed by atoms with Crippen LogP contribution in [0.15, 0.2) is 67.1 Å². The number of benzene rings is 2. The SMILES string of the molecule is CC(=O)Nc1cccc(-c2cn3c(-c4ccc(O)cc4)cnc3cn2)c1. The molecule has 128 valence electrons. The number of rotatable bonds is 3. The van der Waals surface area contributed by atoms with E-state index in [0.717, 1.165) is 33.8 Å². The molecule has 2 heterocycles. The van der Waals surface area contributed by atoms with Gasteiger partial charge in [-0.1, -0.05) is 12.1 Å². The summed E-state index contributed by atoms with van der Waals surface area (Å²) >= 11 is 0. The zero-order valence-electron chi connectivity index (χ0n) is 14.0. The van der Waals surface area contributed by atoms with E-state index >= 15 is 0 Å². The number of fused-ring (bicyclic) bond motifs is 1. The Labute approximate surface area is 149 Å². The fraction of sp³-hybridized carbons (Fsp3) is 0.0500. The lowest BCUT2D eigenvalue weighted by molar-refractivity contribution is -0.114. The van der Waals surface area contributed by atoms with Gasteiger partial charge in [-0.15, -0.1) is 0 Å². The Morgan fingerprint density at radius 3 is 2.62 bits per heavy atom. The number of aromatic nitrogens is 3. The molecular weight excluding hydrogens is 328 g/mol. The maximum Gasteiger partial charge on any atom is 0.221 e. The van der Waals surface area contributed by atoms with Crippen molar-refractivity contribution in [2.24, 2.45) is 0 Å². The van der Waals surface area contributed by atoms with E-state index in [1.54, 1.807) is 24.5 Å². The Morgan fingerprint density at radius 2 is 1.85 bits per heavy atom. The molecule has 2 N–H and O–H groups in total. The second-order valence-electron chi connectivity index (χ2n) is 5.95. The highest BCUT2D eigenvalue weighted by molar-refractivity contribution is 5.89. The molecule has 0 saturated heterocycles. The summed E-state index contributed by atoms with van der Waals surface area (Å²) in [5.74, 6) is 0.106. The van der Waals surface area contributed by atoms with Gasteiger partial charge in [-0.2, -0.15) is 0 Å². The van der Waals surface area contributed by atoms with Crippen molar-refractivity contribution in [2.45, 2.75) is 6.92 Å². The van der Waals surface area contributed by atoms with Gasteiger partial charge in [0.1, 0.15) is 5.75 Å². The summed E-state index contributed by atoms with van der Waals surface area (Å²) in [7, 11) is 0. The third kappa shape index (κ3) is 3.00. The van der Waals surface area contributed by atoms with E-state index in [9.17, 15) is 9.90 Å². The average molecular weight is 344 g/mol. The van der Waals surface area contributed by atoms with E-state index in [-0.39, 0.29) is 11.7 Å². The van der Waals surface area contributed by atoms with Gasteiger partial charge in [0.15, 0.2) is 5.65 Å². The highest BCUT2D eigenvalue weighted by atomic mass is 16.3. The van der Waals surface area contributed by atoms with Crippen LogP contribution in [0.3, 0.4) is 0 Å². The van der Waals surface area contributed by atoms with E-state index < -0.39 is 0 Å². The van der Waals surface area contributed by atoms with Crippen molar-refractivity contribution in [3.05, 3.63) is 67.1 Å². The smallest absolute Gasteiger partial charge is 0.221 e. The summed E-state index contributed by atoms with van der Waals surface area (Å²) in [6.45, 7) is 1.48. The average Bonchev–Trinajstić information content (AvgIpc) is 3.05. The van der Waals surface area contributed by atoms with Crippen molar-refractivity contribution < 1.29 is 9.90 Å². The van der Waals surface area contributed by atoms with E-state index in [4.69, 9.17) is 0 Å². The highest BCUT2D eigenvalue weighted by Crippen LogP contribution is 2.26. The zero-order chi connectivity index (χ0) is 18.1. The Morgan fingerprint density at radius 1 is 1.04 bits per heavy atom. The normalized spacial score (nSPS) is 10.8. The van der Waals surface area contributed by atoms with Crippen LogP contribution >= 0.6 is 0 Å². The van der Waals surface area contributed by atoms with Crippen molar-refractivity contribution in [3.63, 3.8) is 0 Å². The first-order valence-electron chi connectivity index (χ1n) is 8.11. The second kappa shape index (κ2) is 6.33. The minimum absolute atomic E-state index is 0.116. The van der Waals surface area contributed by atoms with Crippen LogP contribution in [0, 0.1) is 0 Å². The molecule has 0 bridgehead atoms. The molecule has 4 rings (SSSR count). The number of nitrogens with one attached hydrogen (secondary N) is 1. The molecule has 0 saturated carbocycles. The van der Waals surface area contributed by atoms with Crippen LogP contribution in [0.5, 0.6) is 5.75 Å². The van der Waals surface area contributed by atoms with Crippen LogP contribution in [0.4, 0.5) is 5.69 Å². The maximum absolute atomic E-state index is 11.3. The molecule has 0 aliphatic rings. The molecule has 0 aliphatic heterocycles. The van der Waals surface area contributed by atoms with E-state index in [1.807, 2.05) is 47.0 Å². The van der Waals surface area contributed by atoms with Gasteiger partial charge in [-0.05, 0) is 36.4 Å². The van der Waals surface area contributed by atoms with Crippen LogP contribution in [0.2, 0.25) is 0 Å². The van der Waals surface area contributed by atoms with Crippen molar-refractivity contribution in [3.8, 4) is 28.3 Å². The zero-order valence-corrected chi connectivity index (χ0v) is 14.0. The first kappa shape index (κ1) is 15.8. The Balaban J connectivity index is 1.79. The van der Waals surface area contributed by atoms with Crippen LogP contribution < -0.4 is 5.32 Å². The Kier molecular flexibility index (Phi) is 3.85. The number of aromatic hydroxyl groups is 1. The molecule has 0 fully saturated rings. The summed E-state index contributed by atoms with van der Waals surface area (Å²) in [5.41, 5.74) is 4.96. The fourth-order valence-electron chi connectivity index (χ4n) is 2.84. The molecule has 0 atom stereocenters. The summed E-state index contributed by atoms with van der Waals surface area (Å²) in [5, 5.41) is 12.3. The number of anilines is 1. The number of amides is 1. The molecule has 1 amide bonds. The van der Waals surface area contributed by atoms with Crippen LogP contribution in [-0.2, 0) is 4.79 Å². The summed E-state index contributed by atoms with van der Waals surface area (Å²) < 4.78 is 1.96. The highest BCUT2D eigenvalue weighted by Gasteiger charge is 2.09. The predicted molar refractivity (Wildman–Crippen MR) is 99.8 cm³/mol. The fourth-order valence-corrected chi connectivity index (χ4v) is 2.84. The van der Waals surface area contributed by atoms with E-state index in [1.165, 1.54) is 6.92 Å². The standard InChI is InChI=1S/C20H16N4O2/c1-13(25)23-16-4-2-3-15(9-16)18-12-24-19(10-22-20(24)11-21-18)14-5-7-17(26)8-6-14/h2-12,26H,1H3,(H,23,25). The number of nitrogens with zero attached hydrogens (tertiary/aromatic N) is 3. The summed E-state index contributed by atoms with van der Waals surface area (Å²) in [6.07, 6.45) is 5.41. The molecule has 6 heteroatoms. The number of hydrogen-bond donors (Lipinski definition) is 2. The minimum atomic E-state index is -0.116. The number of imidazole rings is 1. The lowest BCUT2D eigenvalue weighted by atomic mass is 10.1. The molecule has 0 aliphatic carbocycles. The van der Waals surface area contributed by atoms with E-state index in [2.05, 4.69) is 15.3 Å². The van der Waals surface area contributed by atoms with Crippen molar-refractivity contribution in [1.29, 1.82) is 0 Å². The molecule has 2 aromatic heterocycles. The molecule has 0 radical (unpaired) electrons. The van der Waals surface area contributed by atoms with Gasteiger partial charge < -0.3 is 10.4 Å². The molecule has 2 aromatic carbocycles. The molecule has 0 unspecified atom stereocenters. The van der Waals surface area contributed by atoms with E-state index in [0.29, 0.717) is 0 Å². The molecule has 4 aromatic rings. The summed E-state index contributed by atoms with van der Waals surface area (Å²) in [6, 6.07) is 14.5. The minimum Gasteiger partial charge on any atom is -0.508 e. The number of carbonyl (C=O) groups excluding carboxylic acids is 1.